The van der Waals surface area contributed by atoms with E-state index in [1.807, 2.05) is 19.2 Å². The monoisotopic (exact) mass is 446 g/mol. The van der Waals surface area contributed by atoms with Gasteiger partial charge in [-0.1, -0.05) is 6.07 Å². The van der Waals surface area contributed by atoms with Crippen LogP contribution in [0.25, 0.3) is 16.9 Å². The summed E-state index contributed by atoms with van der Waals surface area (Å²) in [6, 6.07) is 7.33. The average molecular weight is 447 g/mol. The fraction of sp³-hybridized carbons (Fsp3) is 0.348. The molecule has 170 valence electrons. The fourth-order valence-electron chi connectivity index (χ4n) is 4.03. The summed E-state index contributed by atoms with van der Waals surface area (Å²) in [5.74, 6) is 1.47. The van der Waals surface area contributed by atoms with E-state index in [4.69, 9.17) is 0 Å². The molecule has 0 spiro atoms. The summed E-state index contributed by atoms with van der Waals surface area (Å²) in [4.78, 5) is 31.1. The van der Waals surface area contributed by atoms with Crippen molar-refractivity contribution in [1.82, 2.24) is 34.6 Å². The second-order valence-corrected chi connectivity index (χ2v) is 8.59. The van der Waals surface area contributed by atoms with Gasteiger partial charge in [-0.25, -0.2) is 24.3 Å². The number of fused-ring (bicyclic) bond motifs is 2. The molecule has 0 saturated carbocycles. The number of rotatable bonds is 5. The summed E-state index contributed by atoms with van der Waals surface area (Å²) in [5, 5.41) is 17.3. The molecule has 0 saturated heterocycles. The predicted octanol–water partition coefficient (Wildman–Crippen LogP) is 2.01. The van der Waals surface area contributed by atoms with Crippen molar-refractivity contribution in [3.8, 4) is 5.82 Å². The highest BCUT2D eigenvalue weighted by Gasteiger charge is 2.21. The van der Waals surface area contributed by atoms with Crippen molar-refractivity contribution in [2.75, 3.05) is 11.9 Å². The van der Waals surface area contributed by atoms with Crippen LogP contribution in [-0.4, -0.2) is 41.0 Å². The van der Waals surface area contributed by atoms with Gasteiger partial charge in [0.25, 0.3) is 5.56 Å². The zero-order valence-electron chi connectivity index (χ0n) is 18.8. The topological polar surface area (TPSA) is 123 Å². The molecule has 0 fully saturated rings. The molecule has 0 radical (unpaired) electrons. The lowest BCUT2D eigenvalue weighted by Gasteiger charge is -2.18. The van der Waals surface area contributed by atoms with Crippen LogP contribution < -0.4 is 16.2 Å². The first-order valence-electron chi connectivity index (χ1n) is 11.0. The Kier molecular flexibility index (Phi) is 5.18. The number of aromatic nitrogens is 6. The molecule has 4 aromatic rings. The second-order valence-electron chi connectivity index (χ2n) is 8.59. The molecule has 4 aromatic heterocycles. The second kappa shape index (κ2) is 8.05. The molecule has 0 aliphatic carbocycles. The summed E-state index contributed by atoms with van der Waals surface area (Å²) in [6.45, 7) is 7.40. The molecule has 1 aliphatic rings. The van der Waals surface area contributed by atoms with Gasteiger partial charge in [-0.2, -0.15) is 4.98 Å². The molecule has 33 heavy (non-hydrogen) atoms. The van der Waals surface area contributed by atoms with Gasteiger partial charge in [-0.05, 0) is 63.1 Å². The SMILES string of the molecule is CCn1c(=O)c2cnc(Nc3cc4c(cn3)CCNC4)nc2n1-c1cccc(C(C)(C)O)n1. The molecule has 5 rings (SSSR count). The van der Waals surface area contributed by atoms with Gasteiger partial charge < -0.3 is 15.7 Å². The van der Waals surface area contributed by atoms with Crippen molar-refractivity contribution in [2.45, 2.75) is 45.9 Å². The zero-order valence-corrected chi connectivity index (χ0v) is 18.8. The maximum Gasteiger partial charge on any atom is 0.278 e. The van der Waals surface area contributed by atoms with Gasteiger partial charge in [-0.15, -0.1) is 0 Å². The van der Waals surface area contributed by atoms with Gasteiger partial charge in [0.1, 0.15) is 16.8 Å². The van der Waals surface area contributed by atoms with Crippen LogP contribution in [-0.2, 0) is 25.1 Å². The largest absolute Gasteiger partial charge is 0.384 e. The van der Waals surface area contributed by atoms with E-state index in [0.29, 0.717) is 40.9 Å². The number of hydrogen-bond donors (Lipinski definition) is 3. The molecular weight excluding hydrogens is 420 g/mol. The highest BCUT2D eigenvalue weighted by atomic mass is 16.3. The van der Waals surface area contributed by atoms with E-state index in [-0.39, 0.29) is 5.56 Å². The van der Waals surface area contributed by atoms with E-state index < -0.39 is 5.60 Å². The third kappa shape index (κ3) is 3.87. The third-order valence-corrected chi connectivity index (χ3v) is 5.76. The molecule has 5 heterocycles. The van der Waals surface area contributed by atoms with E-state index in [0.717, 1.165) is 19.5 Å². The quantitative estimate of drug-likeness (QED) is 0.425. The first-order chi connectivity index (χ1) is 15.8. The van der Waals surface area contributed by atoms with E-state index in [9.17, 15) is 9.90 Å². The molecule has 3 N–H and O–H groups in total. The molecule has 0 aromatic carbocycles. The smallest absolute Gasteiger partial charge is 0.278 e. The van der Waals surface area contributed by atoms with Crippen LogP contribution in [0.4, 0.5) is 11.8 Å². The minimum absolute atomic E-state index is 0.201. The summed E-state index contributed by atoms with van der Waals surface area (Å²) in [6.07, 6.45) is 4.36. The van der Waals surface area contributed by atoms with E-state index in [1.165, 1.54) is 17.3 Å². The van der Waals surface area contributed by atoms with Gasteiger partial charge >= 0.3 is 0 Å². The van der Waals surface area contributed by atoms with E-state index in [1.54, 1.807) is 41.4 Å². The van der Waals surface area contributed by atoms with Gasteiger partial charge in [0.15, 0.2) is 11.5 Å². The number of nitrogens with one attached hydrogen (secondary N) is 2. The van der Waals surface area contributed by atoms with Crippen LogP contribution in [0.2, 0.25) is 0 Å². The lowest BCUT2D eigenvalue weighted by molar-refractivity contribution is 0.0738. The normalized spacial score (nSPS) is 13.8. The fourth-order valence-corrected chi connectivity index (χ4v) is 4.03. The third-order valence-electron chi connectivity index (χ3n) is 5.76. The number of aliphatic hydroxyl groups is 1. The van der Waals surface area contributed by atoms with Gasteiger partial charge in [0, 0.05) is 25.5 Å². The minimum Gasteiger partial charge on any atom is -0.384 e. The van der Waals surface area contributed by atoms with Crippen molar-refractivity contribution >= 4 is 22.8 Å². The highest BCUT2D eigenvalue weighted by molar-refractivity contribution is 5.76. The van der Waals surface area contributed by atoms with E-state index >= 15 is 0 Å². The molecule has 0 unspecified atom stereocenters. The Labute approximate surface area is 190 Å². The highest BCUT2D eigenvalue weighted by Crippen LogP contribution is 2.22. The van der Waals surface area contributed by atoms with Crippen molar-refractivity contribution in [3.63, 3.8) is 0 Å². The van der Waals surface area contributed by atoms with Crippen LogP contribution in [0.1, 0.15) is 37.6 Å². The van der Waals surface area contributed by atoms with Crippen LogP contribution in [0.3, 0.4) is 0 Å². The lowest BCUT2D eigenvalue weighted by atomic mass is 10.0. The van der Waals surface area contributed by atoms with Crippen molar-refractivity contribution in [1.29, 1.82) is 0 Å². The van der Waals surface area contributed by atoms with Crippen molar-refractivity contribution in [2.24, 2.45) is 0 Å². The summed E-state index contributed by atoms with van der Waals surface area (Å²) in [5.41, 5.74) is 2.04. The van der Waals surface area contributed by atoms with Crippen LogP contribution >= 0.6 is 0 Å². The number of hydrogen-bond acceptors (Lipinski definition) is 8. The summed E-state index contributed by atoms with van der Waals surface area (Å²) in [7, 11) is 0. The molecular formula is C23H26N8O2. The van der Waals surface area contributed by atoms with Crippen LogP contribution in [0, 0.1) is 0 Å². The van der Waals surface area contributed by atoms with E-state index in [2.05, 4.69) is 30.6 Å². The molecule has 1 aliphatic heterocycles. The minimum atomic E-state index is -1.12. The first kappa shape index (κ1) is 21.2. The molecule has 0 amide bonds. The Morgan fingerprint density at radius 1 is 1.18 bits per heavy atom. The predicted molar refractivity (Wildman–Crippen MR) is 125 cm³/mol. The standard InChI is InChI=1S/C23H26N8O2/c1-4-30-21(32)16-13-26-22(28-18-10-15-11-24-9-8-14(15)12-25-18)29-20(16)31(30)19-7-5-6-17(27-19)23(2,3)33/h5-7,10,12-13,24,33H,4,8-9,11H2,1-3H3,(H,25,26,28,29). The summed E-state index contributed by atoms with van der Waals surface area (Å²) >= 11 is 0. The maximum atomic E-state index is 13.0. The Morgan fingerprint density at radius 3 is 2.82 bits per heavy atom. The summed E-state index contributed by atoms with van der Waals surface area (Å²) < 4.78 is 3.23. The Bertz CT molecular complexity index is 1400. The van der Waals surface area contributed by atoms with Gasteiger partial charge in [-0.3, -0.25) is 4.79 Å². The van der Waals surface area contributed by atoms with Crippen LogP contribution in [0.5, 0.6) is 0 Å². The Morgan fingerprint density at radius 2 is 2.03 bits per heavy atom. The first-order valence-corrected chi connectivity index (χ1v) is 11.0. The number of pyridine rings is 2. The molecule has 0 bridgehead atoms. The Hall–Kier alpha value is -3.63. The molecule has 0 atom stereocenters. The van der Waals surface area contributed by atoms with Crippen LogP contribution in [0.15, 0.2) is 41.5 Å². The van der Waals surface area contributed by atoms with Gasteiger partial charge in [0.2, 0.25) is 5.95 Å². The average Bonchev–Trinajstić information content (AvgIpc) is 3.09. The van der Waals surface area contributed by atoms with Gasteiger partial charge in [0.05, 0.1) is 5.69 Å². The lowest BCUT2D eigenvalue weighted by Crippen LogP contribution is -2.23. The molecule has 10 heteroatoms. The number of nitrogens with zero attached hydrogens (tertiary/aromatic N) is 6. The molecule has 10 nitrogen and oxygen atoms in total. The number of anilines is 2. The maximum absolute atomic E-state index is 13.0. The Balaban J connectivity index is 1.60. The zero-order chi connectivity index (χ0) is 23.2. The van der Waals surface area contributed by atoms with Crippen molar-refractivity contribution < 1.29 is 5.11 Å². The van der Waals surface area contributed by atoms with Crippen molar-refractivity contribution in [3.05, 3.63) is 63.8 Å².